The van der Waals surface area contributed by atoms with E-state index in [1.165, 1.54) is 15.8 Å². The summed E-state index contributed by atoms with van der Waals surface area (Å²) in [5, 5.41) is 17.9. The zero-order chi connectivity index (χ0) is 24.6. The Morgan fingerprint density at radius 3 is 2.80 bits per heavy atom. The molecular weight excluding hydrogens is 465 g/mol. The minimum atomic E-state index is -4.82. The van der Waals surface area contributed by atoms with Crippen molar-refractivity contribution in [2.24, 2.45) is 0 Å². The molecule has 188 valence electrons. The van der Waals surface area contributed by atoms with Crippen molar-refractivity contribution in [1.82, 2.24) is 24.6 Å². The normalized spacial score (nSPS) is 20.1. The lowest BCUT2D eigenvalue weighted by atomic mass is 10.00. The van der Waals surface area contributed by atoms with E-state index >= 15 is 0 Å². The molecule has 12 heteroatoms. The number of H-pyrrole nitrogens is 1. The first-order valence-corrected chi connectivity index (χ1v) is 11.7. The molecular formula is C23H27F3N6O3. The van der Waals surface area contributed by atoms with Gasteiger partial charge in [0, 0.05) is 32.8 Å². The molecule has 3 N–H and O–H groups in total. The molecule has 4 heterocycles. The molecule has 3 aromatic rings. The Labute approximate surface area is 198 Å². The minimum Gasteiger partial charge on any atom is -0.390 e. The van der Waals surface area contributed by atoms with Crippen molar-refractivity contribution >= 4 is 16.9 Å². The Kier molecular flexibility index (Phi) is 6.51. The quantitative estimate of drug-likeness (QED) is 0.486. The van der Waals surface area contributed by atoms with E-state index < -0.39 is 29.9 Å². The van der Waals surface area contributed by atoms with E-state index in [2.05, 4.69) is 32.4 Å². The molecule has 2 aliphatic rings. The van der Waals surface area contributed by atoms with Crippen LogP contribution < -0.4 is 10.9 Å². The third-order valence-electron chi connectivity index (χ3n) is 6.44. The molecule has 0 spiro atoms. The molecule has 5 rings (SSSR count). The molecule has 1 fully saturated rings. The van der Waals surface area contributed by atoms with Gasteiger partial charge >= 0.3 is 6.18 Å². The molecule has 0 amide bonds. The van der Waals surface area contributed by atoms with Gasteiger partial charge in [-0.25, -0.2) is 9.67 Å². The van der Waals surface area contributed by atoms with Crippen LogP contribution in [0.1, 0.15) is 42.4 Å². The number of hydrogen-bond donors (Lipinski definition) is 3. The van der Waals surface area contributed by atoms with Crippen molar-refractivity contribution in [3.8, 4) is 0 Å². The fraction of sp³-hybridized carbons (Fsp3) is 0.522. The van der Waals surface area contributed by atoms with Crippen molar-refractivity contribution in [2.75, 3.05) is 31.6 Å². The average Bonchev–Trinajstić information content (AvgIpc) is 3.22. The Morgan fingerprint density at radius 2 is 2.06 bits per heavy atom. The van der Waals surface area contributed by atoms with E-state index in [0.29, 0.717) is 19.6 Å². The van der Waals surface area contributed by atoms with E-state index in [4.69, 9.17) is 4.74 Å². The van der Waals surface area contributed by atoms with Crippen LogP contribution in [0, 0.1) is 0 Å². The van der Waals surface area contributed by atoms with Crippen molar-refractivity contribution < 1.29 is 23.0 Å². The second-order valence-corrected chi connectivity index (χ2v) is 9.01. The molecule has 9 nitrogen and oxygen atoms in total. The van der Waals surface area contributed by atoms with E-state index in [0.717, 1.165) is 32.4 Å². The third kappa shape index (κ3) is 5.04. The number of ether oxygens (including phenoxy) is 1. The maximum atomic E-state index is 13.3. The summed E-state index contributed by atoms with van der Waals surface area (Å²) in [6.45, 7) is 2.41. The van der Waals surface area contributed by atoms with Gasteiger partial charge < -0.3 is 20.1 Å². The van der Waals surface area contributed by atoms with Gasteiger partial charge in [-0.05, 0) is 36.8 Å². The molecule has 0 aliphatic carbocycles. The number of rotatable bonds is 6. The second kappa shape index (κ2) is 9.59. The van der Waals surface area contributed by atoms with Gasteiger partial charge in [0.25, 0.3) is 5.56 Å². The van der Waals surface area contributed by atoms with E-state index in [-0.39, 0.29) is 23.4 Å². The highest BCUT2D eigenvalue weighted by Crippen LogP contribution is 2.31. The number of aliphatic hydroxyl groups excluding tert-OH is 1. The lowest BCUT2D eigenvalue weighted by Crippen LogP contribution is -2.39. The van der Waals surface area contributed by atoms with Gasteiger partial charge in [0.1, 0.15) is 5.52 Å². The van der Waals surface area contributed by atoms with Crippen molar-refractivity contribution in [1.29, 1.82) is 0 Å². The number of nitrogens with one attached hydrogen (secondary N) is 2. The number of hydrogen-bond acceptors (Lipinski definition) is 7. The first kappa shape index (κ1) is 23.8. The fourth-order valence-electron chi connectivity index (χ4n) is 4.72. The summed E-state index contributed by atoms with van der Waals surface area (Å²) in [6, 6.07) is 8.17. The number of halogens is 3. The summed E-state index contributed by atoms with van der Waals surface area (Å²) < 4.78 is 47.0. The van der Waals surface area contributed by atoms with E-state index in [1.54, 1.807) is 0 Å². The Hall–Kier alpha value is -2.96. The molecule has 2 aliphatic heterocycles. The number of fused-ring (bicyclic) bond motifs is 2. The smallest absolute Gasteiger partial charge is 0.390 e. The largest absolute Gasteiger partial charge is 0.449 e. The summed E-state index contributed by atoms with van der Waals surface area (Å²) >= 11 is 0. The van der Waals surface area contributed by atoms with Crippen molar-refractivity contribution in [3.63, 3.8) is 0 Å². The predicted molar refractivity (Wildman–Crippen MR) is 122 cm³/mol. The molecule has 2 atom stereocenters. The van der Waals surface area contributed by atoms with Crippen LogP contribution in [0.25, 0.3) is 11.0 Å². The van der Waals surface area contributed by atoms with Gasteiger partial charge in [-0.15, -0.1) is 5.10 Å². The summed E-state index contributed by atoms with van der Waals surface area (Å²) in [7, 11) is 0. The SMILES string of the molecule is O=c1[nH]c(C(F)(F)F)nc2c(NCC(O)CN3CCc4ccccc4C3)nn(C3CCCCO3)c12. The number of alkyl halides is 3. The number of aromatic nitrogens is 4. The van der Waals surface area contributed by atoms with Crippen molar-refractivity contribution in [2.45, 2.75) is 50.7 Å². The summed E-state index contributed by atoms with van der Waals surface area (Å²) in [6.07, 6.45) is -3.03. The van der Waals surface area contributed by atoms with Crippen LogP contribution in [0.15, 0.2) is 29.1 Å². The first-order valence-electron chi connectivity index (χ1n) is 11.7. The number of β-amino-alcohol motifs (C(OH)–C–C–N with tert-alkyl or cyclic N) is 1. The minimum absolute atomic E-state index is 0.00816. The predicted octanol–water partition coefficient (Wildman–Crippen LogP) is 2.67. The lowest BCUT2D eigenvalue weighted by Gasteiger charge is -2.30. The number of nitrogens with zero attached hydrogens (tertiary/aromatic N) is 4. The van der Waals surface area contributed by atoms with Gasteiger partial charge in [0.2, 0.25) is 5.82 Å². The van der Waals surface area contributed by atoms with E-state index in [1.807, 2.05) is 17.1 Å². The summed E-state index contributed by atoms with van der Waals surface area (Å²) in [5.41, 5.74) is 1.29. The maximum Gasteiger partial charge on any atom is 0.449 e. The van der Waals surface area contributed by atoms with Crippen LogP contribution in [0.4, 0.5) is 19.0 Å². The summed E-state index contributed by atoms with van der Waals surface area (Å²) in [5.74, 6) is -1.39. The van der Waals surface area contributed by atoms with Gasteiger partial charge in [-0.2, -0.15) is 13.2 Å². The molecule has 0 radical (unpaired) electrons. The van der Waals surface area contributed by atoms with Crippen LogP contribution in [0.3, 0.4) is 0 Å². The van der Waals surface area contributed by atoms with Gasteiger partial charge in [-0.1, -0.05) is 24.3 Å². The highest BCUT2D eigenvalue weighted by Gasteiger charge is 2.36. The number of aromatic amines is 1. The molecule has 1 saturated heterocycles. The van der Waals surface area contributed by atoms with Crippen molar-refractivity contribution in [3.05, 3.63) is 51.6 Å². The highest BCUT2D eigenvalue weighted by molar-refractivity contribution is 5.85. The monoisotopic (exact) mass is 492 g/mol. The highest BCUT2D eigenvalue weighted by atomic mass is 19.4. The van der Waals surface area contributed by atoms with E-state index in [9.17, 15) is 23.1 Å². The molecule has 0 saturated carbocycles. The van der Waals surface area contributed by atoms with Crippen LogP contribution in [-0.4, -0.2) is 62.1 Å². The maximum absolute atomic E-state index is 13.3. The molecule has 35 heavy (non-hydrogen) atoms. The van der Waals surface area contributed by atoms with Gasteiger partial charge in [0.15, 0.2) is 17.6 Å². The number of aliphatic hydroxyl groups is 1. The van der Waals surface area contributed by atoms with Crippen LogP contribution in [0.5, 0.6) is 0 Å². The van der Waals surface area contributed by atoms with Gasteiger partial charge in [0.05, 0.1) is 6.10 Å². The average molecular weight is 493 g/mol. The Bertz CT molecular complexity index is 1250. The Balaban J connectivity index is 1.36. The fourth-order valence-corrected chi connectivity index (χ4v) is 4.72. The first-order chi connectivity index (χ1) is 16.8. The molecule has 2 unspecified atom stereocenters. The standard InChI is InChI=1S/C23H27F3N6O3/c24-23(25,26)22-28-18-19(21(34)29-22)32(17-7-3-4-10-35-17)30-20(18)27-11-16(33)13-31-9-8-14-5-1-2-6-15(14)12-31/h1-2,5-6,16-17,33H,3-4,7-13H2,(H,27,30)(H,28,29,34). The number of anilines is 1. The number of benzene rings is 1. The van der Waals surface area contributed by atoms with Crippen LogP contribution >= 0.6 is 0 Å². The molecule has 1 aromatic carbocycles. The molecule has 0 bridgehead atoms. The summed E-state index contributed by atoms with van der Waals surface area (Å²) in [4.78, 5) is 20.2. The second-order valence-electron chi connectivity index (χ2n) is 9.01. The topological polar surface area (TPSA) is 108 Å². The lowest BCUT2D eigenvalue weighted by molar-refractivity contribution is -0.144. The van der Waals surface area contributed by atoms with Crippen LogP contribution in [0.2, 0.25) is 0 Å². The zero-order valence-electron chi connectivity index (χ0n) is 19.0. The third-order valence-corrected chi connectivity index (χ3v) is 6.44. The van der Waals surface area contributed by atoms with Crippen LogP contribution in [-0.2, 0) is 23.9 Å². The Morgan fingerprint density at radius 1 is 1.26 bits per heavy atom. The van der Waals surface area contributed by atoms with Gasteiger partial charge in [-0.3, -0.25) is 9.69 Å². The molecule has 2 aromatic heterocycles. The zero-order valence-corrected chi connectivity index (χ0v) is 19.0.